The van der Waals surface area contributed by atoms with Crippen molar-refractivity contribution in [3.63, 3.8) is 0 Å². The number of nitrogens with zero attached hydrogens (tertiary/aromatic N) is 3. The summed E-state index contributed by atoms with van der Waals surface area (Å²) in [6.07, 6.45) is 2.52. The van der Waals surface area contributed by atoms with E-state index in [0.717, 1.165) is 22.2 Å². The Morgan fingerprint density at radius 3 is 2.72 bits per heavy atom. The molecule has 5 aromatic rings. The molecular weight excluding hydrogens is 422 g/mol. The van der Waals surface area contributed by atoms with Gasteiger partial charge in [-0.25, -0.2) is 4.98 Å². The molecule has 3 aromatic heterocycles. The van der Waals surface area contributed by atoms with Gasteiger partial charge in [0.25, 0.3) is 5.91 Å². The number of carbonyl (C=O) groups excluding carboxylic acids is 1. The first kappa shape index (κ1) is 20.1. The van der Waals surface area contributed by atoms with Gasteiger partial charge < -0.3 is 4.42 Å². The van der Waals surface area contributed by atoms with E-state index in [9.17, 15) is 9.59 Å². The number of para-hydroxylation sites is 2. The van der Waals surface area contributed by atoms with Crippen LogP contribution in [0.5, 0.6) is 0 Å². The molecular formula is C25H19N3O3S. The molecule has 0 fully saturated rings. The molecule has 7 heteroatoms. The summed E-state index contributed by atoms with van der Waals surface area (Å²) in [5.41, 5.74) is 2.82. The van der Waals surface area contributed by atoms with Crippen LogP contribution in [-0.4, -0.2) is 15.9 Å². The van der Waals surface area contributed by atoms with Crippen molar-refractivity contribution < 1.29 is 9.21 Å². The van der Waals surface area contributed by atoms with Crippen molar-refractivity contribution in [1.29, 1.82) is 0 Å². The van der Waals surface area contributed by atoms with E-state index in [4.69, 9.17) is 9.40 Å². The van der Waals surface area contributed by atoms with Crippen LogP contribution in [0.4, 0.5) is 5.13 Å². The number of carbonyl (C=O) groups is 1. The maximum atomic E-state index is 13.6. The first-order chi connectivity index (χ1) is 15.6. The summed E-state index contributed by atoms with van der Waals surface area (Å²) >= 11 is 1.43. The fraction of sp³-hybridized carbons (Fsp3) is 0.120. The van der Waals surface area contributed by atoms with Crippen LogP contribution >= 0.6 is 11.3 Å². The van der Waals surface area contributed by atoms with Crippen molar-refractivity contribution in [2.24, 2.45) is 0 Å². The van der Waals surface area contributed by atoms with Gasteiger partial charge in [0, 0.05) is 12.3 Å². The van der Waals surface area contributed by atoms with E-state index < -0.39 is 5.91 Å². The number of aromatic nitrogens is 2. The average Bonchev–Trinajstić information content (AvgIpc) is 3.27. The van der Waals surface area contributed by atoms with Crippen LogP contribution in [0, 0.1) is 0 Å². The highest BCUT2D eigenvalue weighted by atomic mass is 32.1. The van der Waals surface area contributed by atoms with Crippen molar-refractivity contribution in [3.05, 3.63) is 100 Å². The van der Waals surface area contributed by atoms with Gasteiger partial charge in [-0.2, -0.15) is 0 Å². The number of benzene rings is 2. The highest BCUT2D eigenvalue weighted by Crippen LogP contribution is 2.32. The van der Waals surface area contributed by atoms with Gasteiger partial charge in [-0.15, -0.1) is 0 Å². The Labute approximate surface area is 187 Å². The van der Waals surface area contributed by atoms with Gasteiger partial charge in [-0.3, -0.25) is 19.5 Å². The largest absolute Gasteiger partial charge is 0.451 e. The Morgan fingerprint density at radius 1 is 1.06 bits per heavy atom. The number of anilines is 1. The molecule has 0 spiro atoms. The number of pyridine rings is 1. The van der Waals surface area contributed by atoms with Crippen LogP contribution in [0.1, 0.15) is 28.7 Å². The van der Waals surface area contributed by atoms with Crippen LogP contribution in [0.15, 0.2) is 82.1 Å². The van der Waals surface area contributed by atoms with Crippen molar-refractivity contribution in [2.75, 3.05) is 4.90 Å². The average molecular weight is 442 g/mol. The Kier molecular flexibility index (Phi) is 5.25. The molecule has 0 bridgehead atoms. The minimum atomic E-state index is -0.435. The first-order valence-electron chi connectivity index (χ1n) is 10.3. The molecule has 1 amide bonds. The van der Waals surface area contributed by atoms with Crippen molar-refractivity contribution in [3.8, 4) is 0 Å². The van der Waals surface area contributed by atoms with Crippen molar-refractivity contribution >= 4 is 43.6 Å². The molecule has 0 aliphatic carbocycles. The highest BCUT2D eigenvalue weighted by Gasteiger charge is 2.25. The Hall–Kier alpha value is -3.84. The second-order valence-electron chi connectivity index (χ2n) is 7.30. The van der Waals surface area contributed by atoms with Gasteiger partial charge in [0.05, 0.1) is 27.8 Å². The van der Waals surface area contributed by atoms with E-state index in [0.29, 0.717) is 21.8 Å². The maximum Gasteiger partial charge on any atom is 0.296 e. The fourth-order valence-electron chi connectivity index (χ4n) is 3.62. The highest BCUT2D eigenvalue weighted by molar-refractivity contribution is 7.22. The van der Waals surface area contributed by atoms with Crippen LogP contribution in [0.25, 0.3) is 21.2 Å². The van der Waals surface area contributed by atoms with E-state index in [-0.39, 0.29) is 17.7 Å². The number of amides is 1. The molecule has 0 aliphatic heterocycles. The number of aryl methyl sites for hydroxylation is 1. The molecule has 0 aliphatic rings. The lowest BCUT2D eigenvalue weighted by molar-refractivity contribution is 0.0958. The van der Waals surface area contributed by atoms with Gasteiger partial charge in [0.2, 0.25) is 0 Å². The predicted molar refractivity (Wildman–Crippen MR) is 126 cm³/mol. The van der Waals surface area contributed by atoms with Crippen LogP contribution in [0.2, 0.25) is 0 Å². The van der Waals surface area contributed by atoms with E-state index in [1.807, 2.05) is 36.4 Å². The maximum absolute atomic E-state index is 13.6. The minimum Gasteiger partial charge on any atom is -0.451 e. The molecule has 0 atom stereocenters. The molecule has 2 aromatic carbocycles. The summed E-state index contributed by atoms with van der Waals surface area (Å²) in [6, 6.07) is 19.7. The Morgan fingerprint density at radius 2 is 1.91 bits per heavy atom. The van der Waals surface area contributed by atoms with Crippen molar-refractivity contribution in [2.45, 2.75) is 19.9 Å². The third-order valence-electron chi connectivity index (χ3n) is 5.24. The van der Waals surface area contributed by atoms with E-state index in [1.54, 1.807) is 30.5 Å². The smallest absolute Gasteiger partial charge is 0.296 e. The third-order valence-corrected chi connectivity index (χ3v) is 6.28. The molecule has 0 saturated heterocycles. The first-order valence-corrected chi connectivity index (χ1v) is 11.1. The Balaban J connectivity index is 1.63. The molecule has 0 unspecified atom stereocenters. The van der Waals surface area contributed by atoms with Gasteiger partial charge >= 0.3 is 0 Å². The zero-order valence-electron chi connectivity index (χ0n) is 17.3. The van der Waals surface area contributed by atoms with Crippen LogP contribution in [-0.2, 0) is 13.0 Å². The summed E-state index contributed by atoms with van der Waals surface area (Å²) in [7, 11) is 0. The lowest BCUT2D eigenvalue weighted by Crippen LogP contribution is -2.31. The van der Waals surface area contributed by atoms with E-state index >= 15 is 0 Å². The second kappa shape index (κ2) is 8.36. The third kappa shape index (κ3) is 3.67. The molecule has 0 radical (unpaired) electrons. The van der Waals surface area contributed by atoms with E-state index in [2.05, 4.69) is 11.9 Å². The SMILES string of the molecule is CCc1cccc2sc(N(Cc3ccccn3)C(=O)c3cc(=O)c4ccccc4o3)nc12. The number of rotatable bonds is 5. The molecule has 5 rings (SSSR count). The number of hydrogen-bond acceptors (Lipinski definition) is 6. The van der Waals surface area contributed by atoms with E-state index in [1.165, 1.54) is 22.3 Å². The standard InChI is InChI=1S/C25H19N3O3S/c1-2-16-8-7-12-22-23(16)27-25(32-22)28(15-17-9-5-6-13-26-17)24(30)21-14-19(29)18-10-3-4-11-20(18)31-21/h3-14H,2,15H2,1H3. The Bertz CT molecular complexity index is 1490. The summed E-state index contributed by atoms with van der Waals surface area (Å²) in [5.74, 6) is -0.463. The predicted octanol–water partition coefficient (Wildman–Crippen LogP) is 5.21. The monoisotopic (exact) mass is 441 g/mol. The van der Waals surface area contributed by atoms with Crippen LogP contribution < -0.4 is 10.3 Å². The lowest BCUT2D eigenvalue weighted by Gasteiger charge is -2.19. The number of hydrogen-bond donors (Lipinski definition) is 0. The zero-order valence-corrected chi connectivity index (χ0v) is 18.1. The number of thiazole rings is 1. The van der Waals surface area contributed by atoms with Gasteiger partial charge in [-0.1, -0.05) is 48.6 Å². The quantitative estimate of drug-likeness (QED) is 0.374. The summed E-state index contributed by atoms with van der Waals surface area (Å²) in [6.45, 7) is 2.28. The van der Waals surface area contributed by atoms with Crippen LogP contribution in [0.3, 0.4) is 0 Å². The lowest BCUT2D eigenvalue weighted by atomic mass is 10.1. The minimum absolute atomic E-state index is 0.0281. The zero-order chi connectivity index (χ0) is 22.1. The van der Waals surface area contributed by atoms with Crippen molar-refractivity contribution in [1.82, 2.24) is 9.97 Å². The second-order valence-corrected chi connectivity index (χ2v) is 8.31. The number of fused-ring (bicyclic) bond motifs is 2. The normalized spacial score (nSPS) is 11.2. The summed E-state index contributed by atoms with van der Waals surface area (Å²) in [5, 5.41) is 0.972. The van der Waals surface area contributed by atoms with Gasteiger partial charge in [0.15, 0.2) is 16.3 Å². The molecule has 0 saturated carbocycles. The topological polar surface area (TPSA) is 76.3 Å². The summed E-state index contributed by atoms with van der Waals surface area (Å²) in [4.78, 5) is 36.9. The molecule has 0 N–H and O–H groups in total. The molecule has 6 nitrogen and oxygen atoms in total. The van der Waals surface area contributed by atoms with Gasteiger partial charge in [-0.05, 0) is 42.3 Å². The molecule has 32 heavy (non-hydrogen) atoms. The molecule has 3 heterocycles. The summed E-state index contributed by atoms with van der Waals surface area (Å²) < 4.78 is 6.83. The molecule has 158 valence electrons. The van der Waals surface area contributed by atoms with Gasteiger partial charge in [0.1, 0.15) is 5.58 Å². The fourth-order valence-corrected chi connectivity index (χ4v) is 4.63.